The first kappa shape index (κ1) is 11.1. The molecule has 16 heavy (non-hydrogen) atoms. The molecule has 0 radical (unpaired) electrons. The summed E-state index contributed by atoms with van der Waals surface area (Å²) in [6, 6.07) is 7.84. The van der Waals surface area contributed by atoms with Crippen molar-refractivity contribution in [1.29, 1.82) is 0 Å². The van der Waals surface area contributed by atoms with Crippen molar-refractivity contribution in [1.82, 2.24) is 0 Å². The quantitative estimate of drug-likeness (QED) is 0.832. The lowest BCUT2D eigenvalue weighted by molar-refractivity contribution is 0.0532. The Hall–Kier alpha value is -1.39. The SMILES string of the molecule is CCOC(=O)c1cc2cc(CN)ccc2s1. The maximum atomic E-state index is 11.5. The van der Waals surface area contributed by atoms with Gasteiger partial charge in [-0.1, -0.05) is 6.07 Å². The molecule has 1 heterocycles. The van der Waals surface area contributed by atoms with Crippen molar-refractivity contribution in [2.45, 2.75) is 13.5 Å². The first-order chi connectivity index (χ1) is 7.74. The van der Waals surface area contributed by atoms with Gasteiger partial charge < -0.3 is 10.5 Å². The average Bonchev–Trinajstić information content (AvgIpc) is 2.71. The van der Waals surface area contributed by atoms with Crippen LogP contribution < -0.4 is 5.73 Å². The fourth-order valence-electron chi connectivity index (χ4n) is 1.52. The molecule has 84 valence electrons. The molecule has 2 N–H and O–H groups in total. The number of nitrogens with two attached hydrogens (primary N) is 1. The molecule has 2 rings (SSSR count). The number of ether oxygens (including phenoxy) is 1. The van der Waals surface area contributed by atoms with E-state index in [0.29, 0.717) is 18.0 Å². The first-order valence-electron chi connectivity index (χ1n) is 5.14. The van der Waals surface area contributed by atoms with E-state index in [4.69, 9.17) is 10.5 Å². The molecule has 0 unspecified atom stereocenters. The summed E-state index contributed by atoms with van der Waals surface area (Å²) in [5.74, 6) is -0.252. The fraction of sp³-hybridized carbons (Fsp3) is 0.250. The number of hydrogen-bond donors (Lipinski definition) is 1. The van der Waals surface area contributed by atoms with Crippen molar-refractivity contribution in [3.8, 4) is 0 Å². The topological polar surface area (TPSA) is 52.3 Å². The number of rotatable bonds is 3. The summed E-state index contributed by atoms with van der Waals surface area (Å²) >= 11 is 1.45. The second-order valence-corrected chi connectivity index (χ2v) is 4.49. The first-order valence-corrected chi connectivity index (χ1v) is 5.96. The molecule has 2 aromatic rings. The van der Waals surface area contributed by atoms with Crippen LogP contribution in [0.2, 0.25) is 0 Å². The van der Waals surface area contributed by atoms with Gasteiger partial charge in [0.25, 0.3) is 0 Å². The van der Waals surface area contributed by atoms with Crippen molar-refractivity contribution in [2.75, 3.05) is 6.61 Å². The van der Waals surface area contributed by atoms with Crippen LogP contribution in [0.5, 0.6) is 0 Å². The maximum absolute atomic E-state index is 11.5. The summed E-state index contributed by atoms with van der Waals surface area (Å²) in [6.45, 7) is 2.72. The van der Waals surface area contributed by atoms with Crippen LogP contribution in [0.4, 0.5) is 0 Å². The highest BCUT2D eigenvalue weighted by Gasteiger charge is 2.10. The van der Waals surface area contributed by atoms with E-state index in [2.05, 4.69) is 0 Å². The van der Waals surface area contributed by atoms with E-state index in [1.165, 1.54) is 11.3 Å². The van der Waals surface area contributed by atoms with Crippen molar-refractivity contribution >= 4 is 27.4 Å². The Morgan fingerprint density at radius 2 is 2.25 bits per heavy atom. The summed E-state index contributed by atoms with van der Waals surface area (Å²) < 4.78 is 6.04. The Bertz CT molecular complexity index is 519. The second kappa shape index (κ2) is 4.63. The molecule has 0 aliphatic carbocycles. The molecule has 0 saturated carbocycles. The molecule has 3 nitrogen and oxygen atoms in total. The van der Waals surface area contributed by atoms with Gasteiger partial charge in [0, 0.05) is 11.2 Å². The summed E-state index contributed by atoms with van der Waals surface area (Å²) in [5.41, 5.74) is 6.64. The largest absolute Gasteiger partial charge is 0.462 e. The number of thiophene rings is 1. The van der Waals surface area contributed by atoms with Gasteiger partial charge in [-0.25, -0.2) is 4.79 Å². The van der Waals surface area contributed by atoms with E-state index < -0.39 is 0 Å². The monoisotopic (exact) mass is 235 g/mol. The Kier molecular flexibility index (Phi) is 3.22. The number of carbonyl (C=O) groups excluding carboxylic acids is 1. The molecular formula is C12H13NO2S. The summed E-state index contributed by atoms with van der Waals surface area (Å²) in [4.78, 5) is 12.2. The highest BCUT2D eigenvalue weighted by atomic mass is 32.1. The Balaban J connectivity index is 2.39. The van der Waals surface area contributed by atoms with Gasteiger partial charge in [0.05, 0.1) is 6.61 Å². The van der Waals surface area contributed by atoms with Crippen LogP contribution in [0, 0.1) is 0 Å². The van der Waals surface area contributed by atoms with E-state index in [0.717, 1.165) is 15.6 Å². The van der Waals surface area contributed by atoms with Gasteiger partial charge in [0.1, 0.15) is 4.88 Å². The van der Waals surface area contributed by atoms with Crippen molar-refractivity contribution in [2.24, 2.45) is 5.73 Å². The molecule has 0 amide bonds. The minimum Gasteiger partial charge on any atom is -0.462 e. The van der Waals surface area contributed by atoms with E-state index in [1.807, 2.05) is 24.3 Å². The van der Waals surface area contributed by atoms with Crippen molar-refractivity contribution in [3.05, 3.63) is 34.7 Å². The zero-order valence-electron chi connectivity index (χ0n) is 9.03. The number of carbonyl (C=O) groups is 1. The third-order valence-electron chi connectivity index (χ3n) is 2.29. The highest BCUT2D eigenvalue weighted by Crippen LogP contribution is 2.27. The number of hydrogen-bond acceptors (Lipinski definition) is 4. The molecule has 4 heteroatoms. The molecule has 1 aromatic carbocycles. The molecule has 0 atom stereocenters. The number of fused-ring (bicyclic) bond motifs is 1. The summed E-state index contributed by atoms with van der Waals surface area (Å²) in [7, 11) is 0. The van der Waals surface area contributed by atoms with Crippen molar-refractivity contribution < 1.29 is 9.53 Å². The van der Waals surface area contributed by atoms with Crippen LogP contribution in [0.25, 0.3) is 10.1 Å². The molecule has 0 bridgehead atoms. The zero-order chi connectivity index (χ0) is 11.5. The van der Waals surface area contributed by atoms with Crippen LogP contribution in [0.15, 0.2) is 24.3 Å². The second-order valence-electron chi connectivity index (χ2n) is 3.41. The van der Waals surface area contributed by atoms with Gasteiger partial charge >= 0.3 is 5.97 Å². The maximum Gasteiger partial charge on any atom is 0.348 e. The third-order valence-corrected chi connectivity index (χ3v) is 3.39. The lowest BCUT2D eigenvalue weighted by atomic mass is 10.1. The third kappa shape index (κ3) is 2.08. The van der Waals surface area contributed by atoms with Crippen LogP contribution in [-0.2, 0) is 11.3 Å². The van der Waals surface area contributed by atoms with Gasteiger partial charge in [-0.3, -0.25) is 0 Å². The predicted molar refractivity (Wildman–Crippen MR) is 65.7 cm³/mol. The molecule has 0 aliphatic rings. The Morgan fingerprint density at radius 3 is 2.94 bits per heavy atom. The summed E-state index contributed by atoms with van der Waals surface area (Å²) in [5, 5.41) is 1.05. The zero-order valence-corrected chi connectivity index (χ0v) is 9.84. The fourth-order valence-corrected chi connectivity index (χ4v) is 2.46. The highest BCUT2D eigenvalue weighted by molar-refractivity contribution is 7.20. The number of esters is 1. The molecule has 0 fully saturated rings. The van der Waals surface area contributed by atoms with Gasteiger partial charge in [-0.2, -0.15) is 0 Å². The molecule has 1 aromatic heterocycles. The molecule has 0 saturated heterocycles. The predicted octanol–water partition coefficient (Wildman–Crippen LogP) is 2.54. The van der Waals surface area contributed by atoms with E-state index >= 15 is 0 Å². The Morgan fingerprint density at radius 1 is 1.44 bits per heavy atom. The van der Waals surface area contributed by atoms with Crippen LogP contribution in [0.3, 0.4) is 0 Å². The average molecular weight is 235 g/mol. The Labute approximate surface area is 97.8 Å². The van der Waals surface area contributed by atoms with Gasteiger partial charge in [-0.15, -0.1) is 11.3 Å². The lowest BCUT2D eigenvalue weighted by Gasteiger charge is -1.95. The van der Waals surface area contributed by atoms with E-state index in [-0.39, 0.29) is 5.97 Å². The lowest BCUT2D eigenvalue weighted by Crippen LogP contribution is -2.01. The minimum atomic E-state index is -0.252. The molecule has 0 aliphatic heterocycles. The standard InChI is InChI=1S/C12H13NO2S/c1-2-15-12(14)11-6-9-5-8(7-13)3-4-10(9)16-11/h3-6H,2,7,13H2,1H3. The number of benzene rings is 1. The molecular weight excluding hydrogens is 222 g/mol. The van der Waals surface area contributed by atoms with Gasteiger partial charge in [-0.05, 0) is 36.1 Å². The van der Waals surface area contributed by atoms with Crippen LogP contribution in [0.1, 0.15) is 22.2 Å². The van der Waals surface area contributed by atoms with Crippen molar-refractivity contribution in [3.63, 3.8) is 0 Å². The smallest absolute Gasteiger partial charge is 0.348 e. The summed E-state index contributed by atoms with van der Waals surface area (Å²) in [6.07, 6.45) is 0. The van der Waals surface area contributed by atoms with Gasteiger partial charge in [0.2, 0.25) is 0 Å². The van der Waals surface area contributed by atoms with Crippen LogP contribution >= 0.6 is 11.3 Å². The minimum absolute atomic E-state index is 0.252. The van der Waals surface area contributed by atoms with Gasteiger partial charge in [0.15, 0.2) is 0 Å². The van der Waals surface area contributed by atoms with E-state index in [1.54, 1.807) is 6.92 Å². The van der Waals surface area contributed by atoms with E-state index in [9.17, 15) is 4.79 Å². The normalized spacial score (nSPS) is 10.6. The van der Waals surface area contributed by atoms with Crippen LogP contribution in [-0.4, -0.2) is 12.6 Å². The molecule has 0 spiro atoms.